The molecule has 0 radical (unpaired) electrons. The molecule has 4 rings (SSSR count). The number of hydrogen-bond donors (Lipinski definition) is 0. The van der Waals surface area contributed by atoms with Crippen molar-refractivity contribution >= 4 is 5.78 Å². The summed E-state index contributed by atoms with van der Waals surface area (Å²) in [5.74, 6) is 2.52. The van der Waals surface area contributed by atoms with Crippen LogP contribution in [0.15, 0.2) is 22.5 Å². The Morgan fingerprint density at radius 1 is 1.00 bits per heavy atom. The van der Waals surface area contributed by atoms with Crippen molar-refractivity contribution in [1.29, 1.82) is 0 Å². The first-order valence-electron chi connectivity index (χ1n) is 9.88. The summed E-state index contributed by atoms with van der Waals surface area (Å²) >= 11 is 0. The minimum atomic E-state index is 0.0835. The molecule has 0 aromatic heterocycles. The summed E-state index contributed by atoms with van der Waals surface area (Å²) in [4.78, 5) is 12.2. The maximum absolute atomic E-state index is 14.1. The molecular formula is C22H31FO. The van der Waals surface area contributed by atoms with E-state index in [4.69, 9.17) is 0 Å². The van der Waals surface area contributed by atoms with Crippen LogP contribution in [0.25, 0.3) is 0 Å². The van der Waals surface area contributed by atoms with Gasteiger partial charge >= 0.3 is 0 Å². The van der Waals surface area contributed by atoms with Gasteiger partial charge in [-0.2, -0.15) is 0 Å². The largest absolute Gasteiger partial charge is 0.295 e. The first-order valence-corrected chi connectivity index (χ1v) is 9.88. The number of halogens is 1. The lowest BCUT2D eigenvalue weighted by molar-refractivity contribution is -0.118. The van der Waals surface area contributed by atoms with Gasteiger partial charge in [0, 0.05) is 6.42 Å². The molecule has 0 saturated heterocycles. The van der Waals surface area contributed by atoms with Crippen LogP contribution in [0.3, 0.4) is 0 Å². The smallest absolute Gasteiger partial charge is 0.158 e. The van der Waals surface area contributed by atoms with Crippen LogP contribution < -0.4 is 0 Å². The van der Waals surface area contributed by atoms with Crippen LogP contribution in [0.1, 0.15) is 79.1 Å². The van der Waals surface area contributed by atoms with E-state index >= 15 is 0 Å². The molecule has 0 aromatic carbocycles. The molecule has 4 aliphatic rings. The molecule has 5 atom stereocenters. The second kappa shape index (κ2) is 5.29. The molecule has 24 heavy (non-hydrogen) atoms. The van der Waals surface area contributed by atoms with Gasteiger partial charge in [-0.25, -0.2) is 4.39 Å². The van der Waals surface area contributed by atoms with Gasteiger partial charge in [0.25, 0.3) is 0 Å². The fraction of sp³-hybridized carbons (Fsp3) is 0.773. The topological polar surface area (TPSA) is 17.1 Å². The number of ketones is 1. The average molecular weight is 330 g/mol. The van der Waals surface area contributed by atoms with E-state index in [1.54, 1.807) is 6.92 Å². The van der Waals surface area contributed by atoms with E-state index in [0.29, 0.717) is 17.6 Å². The zero-order chi connectivity index (χ0) is 17.3. The molecule has 3 fully saturated rings. The Hall–Kier alpha value is -0.920. The fourth-order valence-corrected chi connectivity index (χ4v) is 7.36. The highest BCUT2D eigenvalue weighted by atomic mass is 19.1. The van der Waals surface area contributed by atoms with E-state index in [9.17, 15) is 9.18 Å². The van der Waals surface area contributed by atoms with Crippen LogP contribution >= 0.6 is 0 Å². The third-order valence-corrected chi connectivity index (χ3v) is 8.62. The van der Waals surface area contributed by atoms with Gasteiger partial charge in [0.2, 0.25) is 0 Å². The van der Waals surface area contributed by atoms with Crippen molar-refractivity contribution in [2.24, 2.45) is 28.6 Å². The Kier molecular flexibility index (Phi) is 3.64. The van der Waals surface area contributed by atoms with Gasteiger partial charge in [0.05, 0.1) is 5.83 Å². The standard InChI is InChI=1S/C22H31FO/c1-13-16-6-5-15-18-8-7-17(14(2)23)22(18,4)11-9-19(15)21(16,3)12-10-20(13)24/h15,18-19H,5-12H2,1-4H3/b17-14+/t15?,18?,19?,21-,22+/m0/s1. The molecule has 0 N–H and O–H groups in total. The molecule has 3 saturated carbocycles. The van der Waals surface area contributed by atoms with E-state index in [1.165, 1.54) is 24.8 Å². The Morgan fingerprint density at radius 2 is 1.71 bits per heavy atom. The summed E-state index contributed by atoms with van der Waals surface area (Å²) in [6.07, 6.45) is 8.53. The SMILES string of the molecule is CC1=C2CCC3C(CC[C@]4(C)/C(=C(\C)F)CCC34)[C@@]2(C)CCC1=O. The van der Waals surface area contributed by atoms with Crippen molar-refractivity contribution in [3.05, 3.63) is 22.5 Å². The second-order valence-electron chi connectivity index (χ2n) is 9.37. The van der Waals surface area contributed by atoms with Gasteiger partial charge < -0.3 is 0 Å². The first kappa shape index (κ1) is 16.5. The number of hydrogen-bond acceptors (Lipinski definition) is 1. The molecule has 0 spiro atoms. The maximum atomic E-state index is 14.1. The Balaban J connectivity index is 1.72. The summed E-state index contributed by atoms with van der Waals surface area (Å²) in [5, 5.41) is 0. The number of fused-ring (bicyclic) bond motifs is 5. The molecule has 4 aliphatic carbocycles. The van der Waals surface area contributed by atoms with E-state index in [-0.39, 0.29) is 16.7 Å². The maximum Gasteiger partial charge on any atom is 0.158 e. The highest BCUT2D eigenvalue weighted by Crippen LogP contribution is 2.67. The van der Waals surface area contributed by atoms with Crippen molar-refractivity contribution in [3.63, 3.8) is 0 Å². The second-order valence-corrected chi connectivity index (χ2v) is 9.37. The number of rotatable bonds is 0. The number of allylic oxidation sites excluding steroid dienone is 3. The Labute approximate surface area is 145 Å². The molecule has 1 nitrogen and oxygen atoms in total. The van der Waals surface area contributed by atoms with Crippen molar-refractivity contribution in [2.45, 2.75) is 79.1 Å². The lowest BCUT2D eigenvalue weighted by Gasteiger charge is -2.58. The average Bonchev–Trinajstić information content (AvgIpc) is 2.89. The Morgan fingerprint density at radius 3 is 2.42 bits per heavy atom. The monoisotopic (exact) mass is 330 g/mol. The van der Waals surface area contributed by atoms with E-state index in [1.807, 2.05) is 0 Å². The summed E-state index contributed by atoms with van der Waals surface area (Å²) < 4.78 is 14.1. The van der Waals surface area contributed by atoms with Gasteiger partial charge in [-0.1, -0.05) is 19.4 Å². The molecule has 3 unspecified atom stereocenters. The number of carbonyl (C=O) groups excluding carboxylic acids is 1. The third kappa shape index (κ3) is 2.01. The predicted octanol–water partition coefficient (Wildman–Crippen LogP) is 6.15. The van der Waals surface area contributed by atoms with Crippen LogP contribution in [0, 0.1) is 28.6 Å². The predicted molar refractivity (Wildman–Crippen MR) is 95.1 cm³/mol. The molecule has 0 bridgehead atoms. The molecule has 0 aromatic rings. The molecule has 0 aliphatic heterocycles. The normalized spacial score (nSPS) is 47.2. The fourth-order valence-electron chi connectivity index (χ4n) is 7.36. The van der Waals surface area contributed by atoms with Gasteiger partial charge in [-0.15, -0.1) is 0 Å². The van der Waals surface area contributed by atoms with Gasteiger partial charge in [0.15, 0.2) is 5.78 Å². The minimum Gasteiger partial charge on any atom is -0.295 e. The molecule has 2 heteroatoms. The van der Waals surface area contributed by atoms with Crippen molar-refractivity contribution in [1.82, 2.24) is 0 Å². The quantitative estimate of drug-likeness (QED) is 0.520. The highest BCUT2D eigenvalue weighted by molar-refractivity contribution is 5.96. The van der Waals surface area contributed by atoms with Crippen LogP contribution in [0.5, 0.6) is 0 Å². The minimum absolute atomic E-state index is 0.0835. The Bertz CT molecular complexity index is 653. The molecule has 0 amide bonds. The third-order valence-electron chi connectivity index (χ3n) is 8.62. The summed E-state index contributed by atoms with van der Waals surface area (Å²) in [6.45, 7) is 8.49. The summed E-state index contributed by atoms with van der Waals surface area (Å²) in [7, 11) is 0. The van der Waals surface area contributed by atoms with Gasteiger partial charge in [0.1, 0.15) is 0 Å². The van der Waals surface area contributed by atoms with Crippen molar-refractivity contribution in [3.8, 4) is 0 Å². The molecule has 0 heterocycles. The van der Waals surface area contributed by atoms with E-state index in [2.05, 4.69) is 20.8 Å². The number of carbonyl (C=O) groups is 1. The van der Waals surface area contributed by atoms with Gasteiger partial charge in [-0.3, -0.25) is 4.79 Å². The van der Waals surface area contributed by atoms with Crippen molar-refractivity contribution in [2.75, 3.05) is 0 Å². The summed E-state index contributed by atoms with van der Waals surface area (Å²) in [6, 6.07) is 0. The lowest BCUT2D eigenvalue weighted by Crippen LogP contribution is -2.50. The zero-order valence-corrected chi connectivity index (χ0v) is 15.7. The number of Topliss-reactive ketones (excluding diaryl/α,β-unsaturated/α-hetero) is 1. The van der Waals surface area contributed by atoms with Crippen LogP contribution in [0.2, 0.25) is 0 Å². The highest BCUT2D eigenvalue weighted by Gasteiger charge is 2.58. The van der Waals surface area contributed by atoms with Crippen molar-refractivity contribution < 1.29 is 9.18 Å². The zero-order valence-electron chi connectivity index (χ0n) is 15.7. The lowest BCUT2D eigenvalue weighted by atomic mass is 9.46. The van der Waals surface area contributed by atoms with E-state index < -0.39 is 0 Å². The van der Waals surface area contributed by atoms with Crippen LogP contribution in [-0.2, 0) is 4.79 Å². The molecule has 132 valence electrons. The van der Waals surface area contributed by atoms with Crippen LogP contribution in [-0.4, -0.2) is 5.78 Å². The van der Waals surface area contributed by atoms with Crippen LogP contribution in [0.4, 0.5) is 4.39 Å². The van der Waals surface area contributed by atoms with E-state index in [0.717, 1.165) is 49.2 Å². The molecular weight excluding hydrogens is 299 g/mol. The summed E-state index contributed by atoms with van der Waals surface area (Å²) in [5.41, 5.74) is 3.98. The first-order chi connectivity index (χ1) is 11.3. The van der Waals surface area contributed by atoms with Gasteiger partial charge in [-0.05, 0) is 98.5 Å².